The number of para-hydroxylation sites is 1. The van der Waals surface area contributed by atoms with E-state index >= 15 is 0 Å². The average molecular weight is 245 g/mol. The molecule has 0 amide bonds. The van der Waals surface area contributed by atoms with Gasteiger partial charge in [-0.2, -0.15) is 0 Å². The van der Waals surface area contributed by atoms with E-state index in [9.17, 15) is 0 Å². The van der Waals surface area contributed by atoms with Crippen LogP contribution >= 0.6 is 0 Å². The molecule has 0 fully saturated rings. The highest BCUT2D eigenvalue weighted by molar-refractivity contribution is 5.81. The first-order valence-corrected chi connectivity index (χ1v) is 6.56. The molecule has 0 radical (unpaired) electrons. The predicted octanol–water partition coefficient (Wildman–Crippen LogP) is 1.44. The molecule has 2 heterocycles. The fourth-order valence-electron chi connectivity index (χ4n) is 2.57. The molecule has 2 aliphatic heterocycles. The van der Waals surface area contributed by atoms with E-state index in [1.807, 2.05) is 6.07 Å². The fourth-order valence-corrected chi connectivity index (χ4v) is 2.57. The SMILES string of the molecule is CN1CCN=C1NCC1CCOc2ccccc21. The Morgan fingerprint density at radius 3 is 3.17 bits per heavy atom. The van der Waals surface area contributed by atoms with Crippen molar-refractivity contribution >= 4 is 5.96 Å². The number of nitrogens with one attached hydrogen (secondary N) is 1. The van der Waals surface area contributed by atoms with Crippen molar-refractivity contribution in [2.24, 2.45) is 4.99 Å². The van der Waals surface area contributed by atoms with Gasteiger partial charge >= 0.3 is 0 Å². The molecule has 1 aromatic rings. The maximum atomic E-state index is 5.68. The van der Waals surface area contributed by atoms with Crippen molar-refractivity contribution in [3.05, 3.63) is 29.8 Å². The summed E-state index contributed by atoms with van der Waals surface area (Å²) in [5, 5.41) is 3.46. The van der Waals surface area contributed by atoms with Crippen molar-refractivity contribution in [3.63, 3.8) is 0 Å². The molecule has 0 saturated carbocycles. The van der Waals surface area contributed by atoms with Gasteiger partial charge in [0.05, 0.1) is 13.2 Å². The van der Waals surface area contributed by atoms with E-state index in [1.54, 1.807) is 0 Å². The molecule has 4 nitrogen and oxygen atoms in total. The molecule has 1 unspecified atom stereocenters. The summed E-state index contributed by atoms with van der Waals surface area (Å²) in [6.45, 7) is 3.67. The minimum Gasteiger partial charge on any atom is -0.493 e. The third-order valence-corrected chi connectivity index (χ3v) is 3.65. The first-order valence-electron chi connectivity index (χ1n) is 6.56. The zero-order valence-electron chi connectivity index (χ0n) is 10.7. The van der Waals surface area contributed by atoms with Crippen LogP contribution in [0.25, 0.3) is 0 Å². The van der Waals surface area contributed by atoms with Crippen molar-refractivity contribution in [3.8, 4) is 5.75 Å². The summed E-state index contributed by atoms with van der Waals surface area (Å²) in [4.78, 5) is 6.63. The molecule has 0 aliphatic carbocycles. The Kier molecular flexibility index (Phi) is 3.09. The number of ether oxygens (including phenoxy) is 1. The zero-order valence-corrected chi connectivity index (χ0v) is 10.7. The fraction of sp³-hybridized carbons (Fsp3) is 0.500. The molecule has 4 heteroatoms. The Balaban J connectivity index is 1.67. The van der Waals surface area contributed by atoms with Crippen LogP contribution in [0.3, 0.4) is 0 Å². The molecular formula is C14H19N3O. The van der Waals surface area contributed by atoms with Crippen LogP contribution in [0.1, 0.15) is 17.9 Å². The number of likely N-dealkylation sites (N-methyl/N-ethyl adjacent to an activating group) is 1. The Labute approximate surface area is 108 Å². The summed E-state index contributed by atoms with van der Waals surface area (Å²) in [5.74, 6) is 2.59. The van der Waals surface area contributed by atoms with E-state index < -0.39 is 0 Å². The second-order valence-electron chi connectivity index (χ2n) is 4.88. The molecule has 0 spiro atoms. The van der Waals surface area contributed by atoms with E-state index in [-0.39, 0.29) is 0 Å². The predicted molar refractivity (Wildman–Crippen MR) is 72.2 cm³/mol. The molecular weight excluding hydrogens is 226 g/mol. The lowest BCUT2D eigenvalue weighted by Crippen LogP contribution is -2.38. The Morgan fingerprint density at radius 2 is 2.33 bits per heavy atom. The van der Waals surface area contributed by atoms with Gasteiger partial charge in [-0.3, -0.25) is 4.99 Å². The second-order valence-corrected chi connectivity index (χ2v) is 4.88. The summed E-state index contributed by atoms with van der Waals surface area (Å²) < 4.78 is 5.68. The standard InChI is InChI=1S/C14H19N3O/c1-17-8-7-15-14(17)16-10-11-6-9-18-13-5-3-2-4-12(11)13/h2-5,11H,6-10H2,1H3,(H,15,16). The van der Waals surface area contributed by atoms with Crippen molar-refractivity contribution < 1.29 is 4.74 Å². The zero-order chi connectivity index (χ0) is 12.4. The molecule has 96 valence electrons. The van der Waals surface area contributed by atoms with Crippen molar-refractivity contribution in [1.82, 2.24) is 10.2 Å². The van der Waals surface area contributed by atoms with Crippen molar-refractivity contribution in [2.75, 3.05) is 33.3 Å². The van der Waals surface area contributed by atoms with E-state index in [1.165, 1.54) is 5.56 Å². The summed E-state index contributed by atoms with van der Waals surface area (Å²) in [5.41, 5.74) is 1.32. The quantitative estimate of drug-likeness (QED) is 0.856. The topological polar surface area (TPSA) is 36.9 Å². The minimum atomic E-state index is 0.520. The normalized spacial score (nSPS) is 22.2. The van der Waals surface area contributed by atoms with Gasteiger partial charge in [-0.05, 0) is 18.1 Å². The summed E-state index contributed by atoms with van der Waals surface area (Å²) in [6.07, 6.45) is 1.07. The van der Waals surface area contributed by atoms with E-state index in [2.05, 4.69) is 40.5 Å². The molecule has 2 aliphatic rings. The van der Waals surface area contributed by atoms with E-state index in [0.717, 1.165) is 44.4 Å². The number of benzene rings is 1. The number of rotatable bonds is 2. The van der Waals surface area contributed by atoms with Crippen LogP contribution in [0.2, 0.25) is 0 Å². The van der Waals surface area contributed by atoms with Gasteiger partial charge in [0.2, 0.25) is 0 Å². The van der Waals surface area contributed by atoms with Gasteiger partial charge in [0, 0.05) is 26.1 Å². The summed E-state index contributed by atoms with van der Waals surface area (Å²) in [6, 6.07) is 8.34. The van der Waals surface area contributed by atoms with Crippen LogP contribution in [0.5, 0.6) is 5.75 Å². The summed E-state index contributed by atoms with van der Waals surface area (Å²) >= 11 is 0. The average Bonchev–Trinajstić information content (AvgIpc) is 2.82. The number of guanidine groups is 1. The van der Waals surface area contributed by atoms with Gasteiger partial charge in [0.15, 0.2) is 5.96 Å². The van der Waals surface area contributed by atoms with Gasteiger partial charge in [-0.1, -0.05) is 18.2 Å². The number of aliphatic imine (C=N–C) groups is 1. The van der Waals surface area contributed by atoms with Crippen LogP contribution in [0, 0.1) is 0 Å². The number of nitrogens with zero attached hydrogens (tertiary/aromatic N) is 2. The molecule has 1 atom stereocenters. The van der Waals surface area contributed by atoms with Gasteiger partial charge in [0.25, 0.3) is 0 Å². The third-order valence-electron chi connectivity index (χ3n) is 3.65. The monoisotopic (exact) mass is 245 g/mol. The molecule has 0 saturated heterocycles. The lowest BCUT2D eigenvalue weighted by atomic mass is 9.93. The Hall–Kier alpha value is -1.71. The largest absolute Gasteiger partial charge is 0.493 e. The molecule has 1 N–H and O–H groups in total. The molecule has 3 rings (SSSR count). The Morgan fingerprint density at radius 1 is 1.44 bits per heavy atom. The maximum Gasteiger partial charge on any atom is 0.193 e. The van der Waals surface area contributed by atoms with E-state index in [4.69, 9.17) is 4.74 Å². The van der Waals surface area contributed by atoms with E-state index in [0.29, 0.717) is 5.92 Å². The summed E-state index contributed by atoms with van der Waals surface area (Å²) in [7, 11) is 2.08. The van der Waals surface area contributed by atoms with Crippen molar-refractivity contribution in [1.29, 1.82) is 0 Å². The third kappa shape index (κ3) is 2.15. The lowest BCUT2D eigenvalue weighted by Gasteiger charge is -2.27. The van der Waals surface area contributed by atoms with Gasteiger partial charge in [-0.15, -0.1) is 0 Å². The first-order chi connectivity index (χ1) is 8.84. The molecule has 0 bridgehead atoms. The highest BCUT2D eigenvalue weighted by Crippen LogP contribution is 2.32. The van der Waals surface area contributed by atoms with Gasteiger partial charge in [0.1, 0.15) is 5.75 Å². The number of hydrogen-bond acceptors (Lipinski definition) is 4. The lowest BCUT2D eigenvalue weighted by molar-refractivity contribution is 0.266. The molecule has 0 aromatic heterocycles. The van der Waals surface area contributed by atoms with Crippen LogP contribution < -0.4 is 10.1 Å². The number of fused-ring (bicyclic) bond motifs is 1. The van der Waals surface area contributed by atoms with Crippen molar-refractivity contribution in [2.45, 2.75) is 12.3 Å². The Bertz CT molecular complexity index is 458. The smallest absolute Gasteiger partial charge is 0.193 e. The van der Waals surface area contributed by atoms with Gasteiger partial charge in [-0.25, -0.2) is 0 Å². The minimum absolute atomic E-state index is 0.520. The van der Waals surface area contributed by atoms with Crippen LogP contribution in [-0.2, 0) is 0 Å². The van der Waals surface area contributed by atoms with Crippen LogP contribution in [0.15, 0.2) is 29.3 Å². The van der Waals surface area contributed by atoms with Gasteiger partial charge < -0.3 is 15.0 Å². The second kappa shape index (κ2) is 4.88. The molecule has 1 aromatic carbocycles. The highest BCUT2D eigenvalue weighted by atomic mass is 16.5. The van der Waals surface area contributed by atoms with Crippen LogP contribution in [0.4, 0.5) is 0 Å². The number of hydrogen-bond donors (Lipinski definition) is 1. The van der Waals surface area contributed by atoms with Crippen LogP contribution in [-0.4, -0.2) is 44.1 Å². The first kappa shape index (κ1) is 11.4. The molecule has 18 heavy (non-hydrogen) atoms. The highest BCUT2D eigenvalue weighted by Gasteiger charge is 2.22. The maximum absolute atomic E-state index is 5.68.